The normalized spacial score (nSPS) is 9.29. The zero-order chi connectivity index (χ0) is 5.28. The van der Waals surface area contributed by atoms with Gasteiger partial charge in [-0.25, -0.2) is 4.98 Å². The molecule has 0 fully saturated rings. The summed E-state index contributed by atoms with van der Waals surface area (Å²) in [5, 5.41) is 0. The van der Waals surface area contributed by atoms with Crippen molar-refractivity contribution in [1.82, 2.24) is 9.97 Å². The quantitative estimate of drug-likeness (QED) is 0.484. The number of aromatic amines is 1. The summed E-state index contributed by atoms with van der Waals surface area (Å²) in [5.41, 5.74) is 5.22. The molecule has 3 nitrogen and oxygen atoms in total. The third-order valence-corrected chi connectivity index (χ3v) is 0.648. The maximum absolute atomic E-state index is 5.22. The minimum atomic E-state index is 0.560. The molecule has 0 saturated heterocycles. The Hall–Kier alpha value is -0.990. The Balaban J connectivity index is 3.04. The lowest BCUT2D eigenvalue weighted by atomic mass is 10.8. The van der Waals surface area contributed by atoms with E-state index < -0.39 is 0 Å². The third-order valence-electron chi connectivity index (χ3n) is 0.648. The highest BCUT2D eigenvalue weighted by Gasteiger charge is 1.84. The van der Waals surface area contributed by atoms with Crippen molar-refractivity contribution in [1.29, 1.82) is 0 Å². The summed E-state index contributed by atoms with van der Waals surface area (Å²) in [4.78, 5) is 6.42. The molecule has 0 aromatic carbocycles. The van der Waals surface area contributed by atoms with Crippen LogP contribution in [0.1, 0.15) is 5.82 Å². The lowest BCUT2D eigenvalue weighted by Gasteiger charge is -1.75. The van der Waals surface area contributed by atoms with Gasteiger partial charge >= 0.3 is 0 Å². The van der Waals surface area contributed by atoms with Crippen LogP contribution >= 0.6 is 0 Å². The Bertz CT molecular complexity index is 139. The molecule has 0 atom stereocenters. The van der Waals surface area contributed by atoms with Crippen LogP contribution in [0.4, 0.5) is 5.82 Å². The molecule has 0 amide bonds. The Kier molecular flexibility index (Phi) is 0.749. The number of nitrogens with two attached hydrogens (primary N) is 1. The zero-order valence-corrected chi connectivity index (χ0v) is 3.81. The summed E-state index contributed by atoms with van der Waals surface area (Å²) in [7, 11) is 0. The van der Waals surface area contributed by atoms with Crippen molar-refractivity contribution in [3.8, 4) is 0 Å². The van der Waals surface area contributed by atoms with Gasteiger partial charge in [-0.15, -0.1) is 0 Å². The molecule has 1 rings (SSSR count). The highest BCUT2D eigenvalue weighted by atomic mass is 15.0. The summed E-state index contributed by atoms with van der Waals surface area (Å²) in [6, 6.07) is 0. The number of anilines is 1. The first-order valence-corrected chi connectivity index (χ1v) is 1.91. The molecule has 0 unspecified atom stereocenters. The predicted octanol–water partition coefficient (Wildman–Crippen LogP) is 0.174. The molecule has 1 aromatic heterocycles. The van der Waals surface area contributed by atoms with E-state index in [0.29, 0.717) is 11.6 Å². The molecular formula is C4H6N3. The molecule has 0 aliphatic heterocycles. The Morgan fingerprint density at radius 2 is 2.57 bits per heavy atom. The smallest absolute Gasteiger partial charge is 0.120 e. The molecule has 1 radical (unpaired) electrons. The number of nitrogens with one attached hydrogen (secondary N) is 1. The van der Waals surface area contributed by atoms with Crippen molar-refractivity contribution in [2.24, 2.45) is 0 Å². The van der Waals surface area contributed by atoms with Crippen molar-refractivity contribution in [2.45, 2.75) is 0 Å². The summed E-state index contributed by atoms with van der Waals surface area (Å²) in [6.07, 6.45) is 1.53. The van der Waals surface area contributed by atoms with E-state index in [0.717, 1.165) is 0 Å². The lowest BCUT2D eigenvalue weighted by molar-refractivity contribution is 1.23. The van der Waals surface area contributed by atoms with E-state index in [1.165, 1.54) is 6.20 Å². The summed E-state index contributed by atoms with van der Waals surface area (Å²) < 4.78 is 0. The highest BCUT2D eigenvalue weighted by Crippen LogP contribution is 1.92. The van der Waals surface area contributed by atoms with Gasteiger partial charge in [0.05, 0.1) is 6.20 Å². The second-order valence-corrected chi connectivity index (χ2v) is 1.29. The maximum atomic E-state index is 5.22. The van der Waals surface area contributed by atoms with Crippen molar-refractivity contribution >= 4 is 5.82 Å². The summed E-state index contributed by atoms with van der Waals surface area (Å²) >= 11 is 0. The SMILES string of the molecule is [CH2]c1ncc(N)[nH]1. The molecule has 0 aliphatic rings. The number of rotatable bonds is 0. The minimum Gasteiger partial charge on any atom is -0.384 e. The summed E-state index contributed by atoms with van der Waals surface area (Å²) in [6.45, 7) is 3.49. The summed E-state index contributed by atoms with van der Waals surface area (Å²) in [5.74, 6) is 1.17. The van der Waals surface area contributed by atoms with Crippen LogP contribution < -0.4 is 5.73 Å². The number of aromatic nitrogens is 2. The van der Waals surface area contributed by atoms with Crippen LogP contribution in [-0.2, 0) is 0 Å². The van der Waals surface area contributed by atoms with Gasteiger partial charge in [0.2, 0.25) is 0 Å². The Labute approximate surface area is 41.6 Å². The fourth-order valence-electron chi connectivity index (χ4n) is 0.379. The second kappa shape index (κ2) is 1.26. The first-order chi connectivity index (χ1) is 3.29. The average Bonchev–Trinajstić information content (AvgIpc) is 1.87. The van der Waals surface area contributed by atoms with E-state index >= 15 is 0 Å². The van der Waals surface area contributed by atoms with Crippen molar-refractivity contribution in [2.75, 3.05) is 5.73 Å². The van der Waals surface area contributed by atoms with Crippen LogP contribution in [0.15, 0.2) is 6.20 Å². The van der Waals surface area contributed by atoms with Crippen LogP contribution in [0.3, 0.4) is 0 Å². The van der Waals surface area contributed by atoms with Crippen LogP contribution in [0.2, 0.25) is 0 Å². The Morgan fingerprint density at radius 1 is 1.86 bits per heavy atom. The molecular weight excluding hydrogens is 90.1 g/mol. The first-order valence-electron chi connectivity index (χ1n) is 1.91. The van der Waals surface area contributed by atoms with E-state index in [1.807, 2.05) is 0 Å². The zero-order valence-electron chi connectivity index (χ0n) is 3.81. The molecule has 7 heavy (non-hydrogen) atoms. The lowest BCUT2D eigenvalue weighted by Crippen LogP contribution is -1.81. The van der Waals surface area contributed by atoms with Crippen LogP contribution in [0.25, 0.3) is 0 Å². The third kappa shape index (κ3) is 0.707. The van der Waals surface area contributed by atoms with Crippen molar-refractivity contribution in [3.05, 3.63) is 18.9 Å². The standard InChI is InChI=1S/C4H6N3/c1-3-6-2-4(5)7-3/h2H,1,5H2,(H,6,7). The van der Waals surface area contributed by atoms with Gasteiger partial charge in [0, 0.05) is 6.92 Å². The Morgan fingerprint density at radius 3 is 2.71 bits per heavy atom. The van der Waals surface area contributed by atoms with Crippen LogP contribution in [0.5, 0.6) is 0 Å². The highest BCUT2D eigenvalue weighted by molar-refractivity contribution is 5.24. The van der Waals surface area contributed by atoms with Gasteiger partial charge in [-0.1, -0.05) is 0 Å². The number of nitrogen functional groups attached to an aromatic ring is 1. The second-order valence-electron chi connectivity index (χ2n) is 1.29. The predicted molar refractivity (Wildman–Crippen MR) is 27.5 cm³/mol. The molecule has 3 N–H and O–H groups in total. The number of nitrogens with zero attached hydrogens (tertiary/aromatic N) is 1. The molecule has 0 saturated carbocycles. The molecule has 0 aliphatic carbocycles. The first kappa shape index (κ1) is 4.18. The van der Waals surface area contributed by atoms with E-state index in [2.05, 4.69) is 16.9 Å². The van der Waals surface area contributed by atoms with Gasteiger partial charge in [-0.2, -0.15) is 0 Å². The van der Waals surface area contributed by atoms with Gasteiger partial charge in [0.15, 0.2) is 0 Å². The number of H-pyrrole nitrogens is 1. The van der Waals surface area contributed by atoms with E-state index in [-0.39, 0.29) is 0 Å². The molecule has 0 spiro atoms. The van der Waals surface area contributed by atoms with Crippen molar-refractivity contribution < 1.29 is 0 Å². The molecule has 0 bridgehead atoms. The van der Waals surface area contributed by atoms with Crippen molar-refractivity contribution in [3.63, 3.8) is 0 Å². The average molecular weight is 96.1 g/mol. The molecule has 37 valence electrons. The fourth-order valence-corrected chi connectivity index (χ4v) is 0.379. The largest absolute Gasteiger partial charge is 0.384 e. The van der Waals surface area contributed by atoms with E-state index in [9.17, 15) is 0 Å². The van der Waals surface area contributed by atoms with Gasteiger partial charge in [0.25, 0.3) is 0 Å². The monoisotopic (exact) mass is 96.1 g/mol. The topological polar surface area (TPSA) is 54.7 Å². The molecule has 1 heterocycles. The van der Waals surface area contributed by atoms with E-state index in [4.69, 9.17) is 5.73 Å². The van der Waals surface area contributed by atoms with Crippen LogP contribution in [0, 0.1) is 6.92 Å². The number of imidazole rings is 1. The maximum Gasteiger partial charge on any atom is 0.120 e. The van der Waals surface area contributed by atoms with E-state index in [1.54, 1.807) is 0 Å². The number of hydrogen-bond donors (Lipinski definition) is 2. The minimum absolute atomic E-state index is 0.560. The van der Waals surface area contributed by atoms with Gasteiger partial charge < -0.3 is 10.7 Å². The fraction of sp³-hybridized carbons (Fsp3) is 0. The number of hydrogen-bond acceptors (Lipinski definition) is 2. The van der Waals surface area contributed by atoms with Gasteiger partial charge in [0.1, 0.15) is 11.6 Å². The van der Waals surface area contributed by atoms with Crippen LogP contribution in [-0.4, -0.2) is 9.97 Å². The van der Waals surface area contributed by atoms with Gasteiger partial charge in [-0.05, 0) is 0 Å². The molecule has 3 heteroatoms. The van der Waals surface area contributed by atoms with Gasteiger partial charge in [-0.3, -0.25) is 0 Å². The molecule has 1 aromatic rings.